The summed E-state index contributed by atoms with van der Waals surface area (Å²) in [5, 5.41) is 21.5. The Morgan fingerprint density at radius 3 is 2.52 bits per heavy atom. The van der Waals surface area contributed by atoms with Crippen LogP contribution in [0.15, 0.2) is 32.3 Å². The molecule has 31 heavy (non-hydrogen) atoms. The number of amides is 1. The molecule has 166 valence electrons. The maximum Gasteiger partial charge on any atom is 0.334 e. The van der Waals surface area contributed by atoms with E-state index in [9.17, 15) is 28.7 Å². The summed E-state index contributed by atoms with van der Waals surface area (Å²) in [6, 6.07) is 3.35. The lowest BCUT2D eigenvalue weighted by Gasteiger charge is -2.25. The molecule has 0 spiro atoms. The molecular weight excluding hydrogens is 477 g/mol. The van der Waals surface area contributed by atoms with Gasteiger partial charge in [-0.25, -0.2) is 9.18 Å². The van der Waals surface area contributed by atoms with Crippen molar-refractivity contribution in [2.75, 3.05) is 6.54 Å². The van der Waals surface area contributed by atoms with E-state index in [0.717, 1.165) is 34.5 Å². The minimum atomic E-state index is -1.34. The number of nitrogens with zero attached hydrogens (tertiary/aromatic N) is 2. The molecule has 0 radical (unpaired) electrons. The van der Waals surface area contributed by atoms with E-state index in [1.54, 1.807) is 0 Å². The molecule has 1 aromatic carbocycles. The molecule has 3 rings (SSSR count). The third-order valence-corrected chi connectivity index (χ3v) is 6.03. The summed E-state index contributed by atoms with van der Waals surface area (Å²) in [4.78, 5) is 49.5. The number of aliphatic carboxylic acids is 1. The van der Waals surface area contributed by atoms with Crippen LogP contribution in [0.1, 0.15) is 54.1 Å². The van der Waals surface area contributed by atoms with Gasteiger partial charge in [0.05, 0.1) is 6.54 Å². The number of aromatic hydroxyl groups is 1. The first-order chi connectivity index (χ1) is 14.7. The van der Waals surface area contributed by atoms with Crippen LogP contribution in [0.4, 0.5) is 4.39 Å². The summed E-state index contributed by atoms with van der Waals surface area (Å²) >= 11 is 3.26. The highest BCUT2D eigenvalue weighted by Crippen LogP contribution is 2.27. The van der Waals surface area contributed by atoms with E-state index in [-0.39, 0.29) is 6.54 Å². The Hall–Kier alpha value is -2.95. The zero-order valence-electron chi connectivity index (χ0n) is 16.4. The van der Waals surface area contributed by atoms with Crippen molar-refractivity contribution in [3.05, 3.63) is 60.5 Å². The third-order valence-electron chi connectivity index (χ3n) is 5.25. The molecule has 0 saturated heterocycles. The van der Waals surface area contributed by atoms with Gasteiger partial charge < -0.3 is 15.5 Å². The highest BCUT2D eigenvalue weighted by atomic mass is 79.9. The highest BCUT2D eigenvalue weighted by molar-refractivity contribution is 9.10. The van der Waals surface area contributed by atoms with E-state index < -0.39 is 53.0 Å². The van der Waals surface area contributed by atoms with Crippen LogP contribution in [-0.2, 0) is 11.3 Å². The number of carbonyl (C=O) groups is 2. The first-order valence-corrected chi connectivity index (χ1v) is 10.5. The minimum absolute atomic E-state index is 0.308. The largest absolute Gasteiger partial charge is 0.494 e. The lowest BCUT2D eigenvalue weighted by Crippen LogP contribution is -2.47. The van der Waals surface area contributed by atoms with Crippen LogP contribution in [0, 0.1) is 5.82 Å². The molecule has 2 aromatic rings. The monoisotopic (exact) mass is 497 g/mol. The maximum absolute atomic E-state index is 13.7. The van der Waals surface area contributed by atoms with Gasteiger partial charge in [-0.3, -0.25) is 23.5 Å². The van der Waals surface area contributed by atoms with Gasteiger partial charge in [-0.1, -0.05) is 35.2 Å². The number of hydrogen-bond acceptors (Lipinski definition) is 5. The fourth-order valence-electron chi connectivity index (χ4n) is 3.74. The molecule has 1 amide bonds. The first kappa shape index (κ1) is 22.7. The predicted octanol–water partition coefficient (Wildman–Crippen LogP) is 1.99. The van der Waals surface area contributed by atoms with E-state index in [0.29, 0.717) is 22.9 Å². The number of hydrogen-bond donors (Lipinski definition) is 3. The Balaban J connectivity index is 2.18. The number of halogens is 2. The van der Waals surface area contributed by atoms with Gasteiger partial charge in [0.2, 0.25) is 5.88 Å². The van der Waals surface area contributed by atoms with Gasteiger partial charge in [-0.05, 0) is 36.6 Å². The van der Waals surface area contributed by atoms with Crippen LogP contribution in [0.3, 0.4) is 0 Å². The Labute approximate surface area is 184 Å². The topological polar surface area (TPSA) is 131 Å². The summed E-state index contributed by atoms with van der Waals surface area (Å²) in [6.07, 6.45) is 3.67. The van der Waals surface area contributed by atoms with Crippen LogP contribution in [0.5, 0.6) is 5.88 Å². The van der Waals surface area contributed by atoms with Gasteiger partial charge in [-0.2, -0.15) is 0 Å². The van der Waals surface area contributed by atoms with E-state index in [1.807, 2.05) is 5.32 Å². The van der Waals surface area contributed by atoms with Crippen molar-refractivity contribution < 1.29 is 24.2 Å². The number of aromatic nitrogens is 2. The Bertz CT molecular complexity index is 1140. The Morgan fingerprint density at radius 2 is 1.87 bits per heavy atom. The van der Waals surface area contributed by atoms with Gasteiger partial charge in [0.25, 0.3) is 11.5 Å². The fraction of sp³-hybridized carbons (Fsp3) is 0.400. The van der Waals surface area contributed by atoms with Gasteiger partial charge in [-0.15, -0.1) is 0 Å². The predicted molar refractivity (Wildman–Crippen MR) is 112 cm³/mol. The third kappa shape index (κ3) is 4.87. The molecule has 11 heteroatoms. The molecule has 1 aliphatic carbocycles. The lowest BCUT2D eigenvalue weighted by molar-refractivity contribution is -0.135. The molecule has 1 aromatic heterocycles. The molecule has 0 aliphatic heterocycles. The van der Waals surface area contributed by atoms with Crippen molar-refractivity contribution in [2.24, 2.45) is 0 Å². The second kappa shape index (κ2) is 9.46. The lowest BCUT2D eigenvalue weighted by atomic mass is 9.95. The number of carbonyl (C=O) groups excluding carboxylic acids is 1. The molecule has 0 unspecified atom stereocenters. The normalized spacial score (nSPS) is 14.4. The molecule has 9 nitrogen and oxygen atoms in total. The fourth-order valence-corrected chi connectivity index (χ4v) is 4.11. The molecule has 1 aliphatic rings. The average Bonchev–Trinajstić information content (AvgIpc) is 2.73. The quantitative estimate of drug-likeness (QED) is 0.559. The van der Waals surface area contributed by atoms with Crippen LogP contribution in [0.25, 0.3) is 0 Å². The van der Waals surface area contributed by atoms with Crippen LogP contribution >= 0.6 is 15.9 Å². The summed E-state index contributed by atoms with van der Waals surface area (Å²) in [6.45, 7) is -1.08. The second-order valence-corrected chi connectivity index (χ2v) is 8.20. The van der Waals surface area contributed by atoms with E-state index in [2.05, 4.69) is 15.9 Å². The zero-order valence-corrected chi connectivity index (χ0v) is 18.0. The van der Waals surface area contributed by atoms with Crippen LogP contribution in [-0.4, -0.2) is 37.8 Å². The molecule has 0 bridgehead atoms. The minimum Gasteiger partial charge on any atom is -0.494 e. The summed E-state index contributed by atoms with van der Waals surface area (Å²) in [7, 11) is 0. The average molecular weight is 498 g/mol. The molecule has 1 fully saturated rings. The zero-order chi connectivity index (χ0) is 22.7. The second-order valence-electron chi connectivity index (χ2n) is 7.35. The Morgan fingerprint density at radius 1 is 1.19 bits per heavy atom. The number of rotatable bonds is 6. The molecule has 0 atom stereocenters. The SMILES string of the molecule is O=C(O)CNC(=O)c1c(O)n(Cc2cc(F)ccc2Br)c(=O)n(C2CCCCC2)c1=O. The van der Waals surface area contributed by atoms with Crippen LogP contribution in [0.2, 0.25) is 0 Å². The Kier molecular flexibility index (Phi) is 6.94. The number of carboxylic acids is 1. The maximum atomic E-state index is 13.7. The summed E-state index contributed by atoms with van der Waals surface area (Å²) in [5.74, 6) is -3.91. The standard InChI is InChI=1S/C20H21BrFN3O6/c21-14-7-6-12(22)8-11(14)10-24-18(29)16(17(28)23-9-15(26)27)19(30)25(20(24)31)13-4-2-1-3-5-13/h6-8,13,29H,1-5,9-10H2,(H,23,28)(H,26,27). The number of carboxylic acid groups (broad SMARTS) is 1. The van der Waals surface area contributed by atoms with Crippen molar-refractivity contribution in [1.29, 1.82) is 0 Å². The van der Waals surface area contributed by atoms with Crippen molar-refractivity contribution >= 4 is 27.8 Å². The summed E-state index contributed by atoms with van der Waals surface area (Å²) < 4.78 is 16.0. The number of benzene rings is 1. The summed E-state index contributed by atoms with van der Waals surface area (Å²) in [5.41, 5.74) is -2.21. The van der Waals surface area contributed by atoms with Gasteiger partial charge in [0, 0.05) is 10.5 Å². The van der Waals surface area contributed by atoms with Crippen molar-refractivity contribution in [1.82, 2.24) is 14.5 Å². The molecular formula is C20H21BrFN3O6. The van der Waals surface area contributed by atoms with E-state index in [1.165, 1.54) is 12.1 Å². The van der Waals surface area contributed by atoms with Gasteiger partial charge in [0.15, 0.2) is 5.56 Å². The molecule has 1 saturated carbocycles. The van der Waals surface area contributed by atoms with Crippen molar-refractivity contribution in [3.63, 3.8) is 0 Å². The van der Waals surface area contributed by atoms with Crippen molar-refractivity contribution in [3.8, 4) is 5.88 Å². The van der Waals surface area contributed by atoms with Crippen molar-refractivity contribution in [2.45, 2.75) is 44.7 Å². The molecule has 1 heterocycles. The van der Waals surface area contributed by atoms with Gasteiger partial charge in [0.1, 0.15) is 12.4 Å². The number of nitrogens with one attached hydrogen (secondary N) is 1. The molecule has 3 N–H and O–H groups in total. The van der Waals surface area contributed by atoms with E-state index in [4.69, 9.17) is 5.11 Å². The first-order valence-electron chi connectivity index (χ1n) is 9.73. The smallest absolute Gasteiger partial charge is 0.334 e. The van der Waals surface area contributed by atoms with E-state index >= 15 is 0 Å². The highest BCUT2D eigenvalue weighted by Gasteiger charge is 2.29. The van der Waals surface area contributed by atoms with Crippen LogP contribution < -0.4 is 16.6 Å². The van der Waals surface area contributed by atoms with Gasteiger partial charge >= 0.3 is 11.7 Å².